The maximum Gasteiger partial charge on any atom is 0.317 e. The Kier molecular flexibility index (Phi) is 7.42. The van der Waals surface area contributed by atoms with E-state index in [-0.39, 0.29) is 24.0 Å². The largest absolute Gasteiger partial charge is 0.381 e. The highest BCUT2D eigenvalue weighted by Crippen LogP contribution is 2.24. The molecule has 2 aromatic rings. The quantitative estimate of drug-likeness (QED) is 0.750. The van der Waals surface area contributed by atoms with Gasteiger partial charge in [-0.15, -0.1) is 0 Å². The SMILES string of the molecule is Cn1cnc(C(=O)N2CCC(N(C(=O)NCCc3ccccc3)C3CCOCC3)CC2)c1. The average molecular weight is 440 g/mol. The van der Waals surface area contributed by atoms with Gasteiger partial charge in [0.25, 0.3) is 5.91 Å². The number of urea groups is 1. The van der Waals surface area contributed by atoms with Gasteiger partial charge in [0.1, 0.15) is 5.69 Å². The van der Waals surface area contributed by atoms with Gasteiger partial charge in [-0.1, -0.05) is 30.3 Å². The molecular formula is C24H33N5O3. The minimum absolute atomic E-state index is 0.00216. The van der Waals surface area contributed by atoms with E-state index in [1.807, 2.05) is 30.1 Å². The third kappa shape index (κ3) is 5.48. The van der Waals surface area contributed by atoms with E-state index in [0.717, 1.165) is 32.1 Å². The summed E-state index contributed by atoms with van der Waals surface area (Å²) in [7, 11) is 1.86. The number of carbonyl (C=O) groups excluding carboxylic acids is 2. The first-order valence-corrected chi connectivity index (χ1v) is 11.6. The van der Waals surface area contributed by atoms with Gasteiger partial charge in [-0.05, 0) is 37.7 Å². The van der Waals surface area contributed by atoms with Gasteiger partial charge in [0, 0.05) is 58.2 Å². The number of hydrogen-bond donors (Lipinski definition) is 1. The van der Waals surface area contributed by atoms with Crippen molar-refractivity contribution in [1.82, 2.24) is 24.7 Å². The highest BCUT2D eigenvalue weighted by atomic mass is 16.5. The molecule has 0 aliphatic carbocycles. The standard InChI is InChI=1S/C24H33N5O3/c1-27-17-22(26-18-27)23(30)28-13-8-20(9-14-28)29(21-10-15-32-16-11-21)24(31)25-12-7-19-5-3-2-4-6-19/h2-6,17-18,20-21H,7-16H2,1H3,(H,25,31). The second-order valence-electron chi connectivity index (χ2n) is 8.67. The lowest BCUT2D eigenvalue weighted by Gasteiger charge is -2.43. The Morgan fingerprint density at radius 1 is 1.09 bits per heavy atom. The summed E-state index contributed by atoms with van der Waals surface area (Å²) < 4.78 is 7.32. The van der Waals surface area contributed by atoms with Crippen LogP contribution in [0.5, 0.6) is 0 Å². The van der Waals surface area contributed by atoms with Gasteiger partial charge in [-0.3, -0.25) is 4.79 Å². The van der Waals surface area contributed by atoms with Gasteiger partial charge in [0.15, 0.2) is 0 Å². The molecule has 3 amide bonds. The molecule has 1 N–H and O–H groups in total. The Hall–Kier alpha value is -2.87. The van der Waals surface area contributed by atoms with Gasteiger partial charge in [-0.2, -0.15) is 0 Å². The summed E-state index contributed by atoms with van der Waals surface area (Å²) in [5, 5.41) is 3.14. The van der Waals surface area contributed by atoms with Crippen LogP contribution < -0.4 is 5.32 Å². The van der Waals surface area contributed by atoms with Gasteiger partial charge in [0.05, 0.1) is 6.33 Å². The van der Waals surface area contributed by atoms with E-state index < -0.39 is 0 Å². The van der Waals surface area contributed by atoms with Crippen molar-refractivity contribution in [2.75, 3.05) is 32.8 Å². The monoisotopic (exact) mass is 439 g/mol. The summed E-state index contributed by atoms with van der Waals surface area (Å²) in [6.45, 7) is 3.26. The van der Waals surface area contributed by atoms with Crippen LogP contribution in [-0.2, 0) is 18.2 Å². The van der Waals surface area contributed by atoms with Crippen LogP contribution in [0.15, 0.2) is 42.9 Å². The Bertz CT molecular complexity index is 886. The van der Waals surface area contributed by atoms with Gasteiger partial charge < -0.3 is 24.4 Å². The normalized spacial score (nSPS) is 17.8. The van der Waals surface area contributed by atoms with E-state index in [4.69, 9.17) is 4.74 Å². The summed E-state index contributed by atoms with van der Waals surface area (Å²) in [6, 6.07) is 10.5. The molecule has 0 radical (unpaired) electrons. The van der Waals surface area contributed by atoms with E-state index >= 15 is 0 Å². The number of hydrogen-bond acceptors (Lipinski definition) is 4. The molecule has 32 heavy (non-hydrogen) atoms. The Morgan fingerprint density at radius 2 is 1.78 bits per heavy atom. The minimum atomic E-state index is -0.0334. The fourth-order valence-corrected chi connectivity index (χ4v) is 4.68. The first-order chi connectivity index (χ1) is 15.6. The number of amides is 3. The van der Waals surface area contributed by atoms with E-state index in [2.05, 4.69) is 27.3 Å². The Balaban J connectivity index is 1.36. The van der Waals surface area contributed by atoms with Crippen molar-refractivity contribution in [3.05, 3.63) is 54.1 Å². The molecule has 2 fully saturated rings. The number of aryl methyl sites for hydroxylation is 1. The maximum atomic E-state index is 13.3. The predicted molar refractivity (Wildman–Crippen MR) is 121 cm³/mol. The van der Waals surface area contributed by atoms with Crippen molar-refractivity contribution in [3.63, 3.8) is 0 Å². The zero-order valence-corrected chi connectivity index (χ0v) is 18.8. The van der Waals surface area contributed by atoms with Crippen molar-refractivity contribution in [2.45, 2.75) is 44.2 Å². The molecule has 2 aliphatic heterocycles. The number of carbonyl (C=O) groups is 2. The highest BCUT2D eigenvalue weighted by molar-refractivity contribution is 5.92. The van der Waals surface area contributed by atoms with Crippen LogP contribution in [0.1, 0.15) is 41.7 Å². The molecule has 3 heterocycles. The lowest BCUT2D eigenvalue weighted by Crippen LogP contribution is -2.56. The van der Waals surface area contributed by atoms with E-state index in [9.17, 15) is 9.59 Å². The van der Waals surface area contributed by atoms with Gasteiger partial charge in [-0.25, -0.2) is 9.78 Å². The maximum absolute atomic E-state index is 13.3. The zero-order valence-electron chi connectivity index (χ0n) is 18.8. The van der Waals surface area contributed by atoms with Gasteiger partial charge >= 0.3 is 6.03 Å². The first kappa shape index (κ1) is 22.3. The summed E-state index contributed by atoms with van der Waals surface area (Å²) in [5.74, 6) is -0.0334. The van der Waals surface area contributed by atoms with Crippen LogP contribution in [0.4, 0.5) is 4.79 Å². The topological polar surface area (TPSA) is 79.7 Å². The molecule has 1 aromatic carbocycles. The molecule has 0 spiro atoms. The van der Waals surface area contributed by atoms with Crippen molar-refractivity contribution in [1.29, 1.82) is 0 Å². The van der Waals surface area contributed by atoms with Crippen molar-refractivity contribution >= 4 is 11.9 Å². The number of aromatic nitrogens is 2. The fourth-order valence-electron chi connectivity index (χ4n) is 4.68. The fraction of sp³-hybridized carbons (Fsp3) is 0.542. The molecule has 0 bridgehead atoms. The van der Waals surface area contributed by atoms with Crippen LogP contribution in [0, 0.1) is 0 Å². The third-order valence-electron chi connectivity index (χ3n) is 6.42. The van der Waals surface area contributed by atoms with Crippen LogP contribution in [-0.4, -0.2) is 76.2 Å². The summed E-state index contributed by atoms with van der Waals surface area (Å²) in [6.07, 6.45) is 7.49. The second-order valence-corrected chi connectivity index (χ2v) is 8.67. The van der Waals surface area contributed by atoms with Crippen LogP contribution >= 0.6 is 0 Å². The number of nitrogens with zero attached hydrogens (tertiary/aromatic N) is 4. The first-order valence-electron chi connectivity index (χ1n) is 11.6. The lowest BCUT2D eigenvalue weighted by molar-refractivity contribution is 0.0209. The van der Waals surface area contributed by atoms with Crippen molar-refractivity contribution in [3.8, 4) is 0 Å². The summed E-state index contributed by atoms with van der Waals surface area (Å²) in [4.78, 5) is 34.1. The molecule has 8 nitrogen and oxygen atoms in total. The Morgan fingerprint density at radius 3 is 2.44 bits per heavy atom. The molecule has 2 aliphatic rings. The molecule has 8 heteroatoms. The van der Waals surface area contributed by atoms with Crippen LogP contribution in [0.2, 0.25) is 0 Å². The summed E-state index contributed by atoms with van der Waals surface area (Å²) in [5.41, 5.74) is 1.69. The molecule has 0 unspecified atom stereocenters. The summed E-state index contributed by atoms with van der Waals surface area (Å²) >= 11 is 0. The molecule has 1 aromatic heterocycles. The zero-order chi connectivity index (χ0) is 22.3. The number of rotatable bonds is 6. The predicted octanol–water partition coefficient (Wildman–Crippen LogP) is 2.46. The molecule has 0 atom stereocenters. The van der Waals surface area contributed by atoms with Crippen LogP contribution in [0.25, 0.3) is 0 Å². The van der Waals surface area contributed by atoms with Gasteiger partial charge in [0.2, 0.25) is 0 Å². The lowest BCUT2D eigenvalue weighted by atomic mass is 9.98. The third-order valence-corrected chi connectivity index (χ3v) is 6.42. The van der Waals surface area contributed by atoms with Crippen molar-refractivity contribution < 1.29 is 14.3 Å². The van der Waals surface area contributed by atoms with E-state index in [1.165, 1.54) is 5.56 Å². The number of nitrogens with one attached hydrogen (secondary N) is 1. The van der Waals surface area contributed by atoms with Crippen LogP contribution in [0.3, 0.4) is 0 Å². The molecular weight excluding hydrogens is 406 g/mol. The number of benzene rings is 1. The molecule has 0 saturated carbocycles. The second kappa shape index (κ2) is 10.6. The van der Waals surface area contributed by atoms with E-state index in [0.29, 0.717) is 38.5 Å². The molecule has 4 rings (SSSR count). The minimum Gasteiger partial charge on any atom is -0.381 e. The highest BCUT2D eigenvalue weighted by Gasteiger charge is 2.35. The smallest absolute Gasteiger partial charge is 0.317 e. The number of piperidine rings is 1. The van der Waals surface area contributed by atoms with Crippen molar-refractivity contribution in [2.24, 2.45) is 7.05 Å². The average Bonchev–Trinajstić information content (AvgIpc) is 3.27. The Labute approximate surface area is 189 Å². The molecule has 2 saturated heterocycles. The number of imidazole rings is 1. The number of likely N-dealkylation sites (tertiary alicyclic amines) is 1. The number of ether oxygens (including phenoxy) is 1. The molecule has 172 valence electrons. The van der Waals surface area contributed by atoms with E-state index in [1.54, 1.807) is 17.1 Å².